The maximum absolute atomic E-state index is 13.3. The van der Waals surface area contributed by atoms with Crippen molar-refractivity contribution in [3.63, 3.8) is 0 Å². The van der Waals surface area contributed by atoms with Crippen molar-refractivity contribution in [3.05, 3.63) is 29.8 Å². The SMILES string of the molecule is C[C@@H](CN1C[C@@H]2C[C@H]1C(=O)N2[C@@H](C)c1cccc(-c2nnn[nH]2)c1)C(=O)N1CCC[C@H]1C#N. The van der Waals surface area contributed by atoms with E-state index in [1.54, 1.807) is 4.90 Å². The van der Waals surface area contributed by atoms with Crippen LogP contribution in [0.1, 0.15) is 44.7 Å². The number of rotatable bonds is 6. The second kappa shape index (κ2) is 8.56. The Kier molecular flexibility index (Phi) is 5.58. The summed E-state index contributed by atoms with van der Waals surface area (Å²) in [5, 5.41) is 23.3. The first-order chi connectivity index (χ1) is 16.0. The molecule has 4 heterocycles. The lowest BCUT2D eigenvalue weighted by atomic mass is 10.0. The molecule has 3 saturated heterocycles. The fourth-order valence-corrected chi connectivity index (χ4v) is 5.66. The van der Waals surface area contributed by atoms with E-state index in [1.165, 1.54) is 0 Å². The van der Waals surface area contributed by atoms with Crippen LogP contribution in [0.2, 0.25) is 0 Å². The van der Waals surface area contributed by atoms with Gasteiger partial charge in [0.25, 0.3) is 0 Å². The number of tetrazole rings is 1. The lowest BCUT2D eigenvalue weighted by molar-refractivity contribution is -0.142. The number of aromatic amines is 1. The molecule has 5 rings (SSSR count). The molecule has 2 aromatic rings. The smallest absolute Gasteiger partial charge is 0.240 e. The molecule has 10 heteroatoms. The molecule has 5 atom stereocenters. The van der Waals surface area contributed by atoms with Gasteiger partial charge < -0.3 is 9.80 Å². The summed E-state index contributed by atoms with van der Waals surface area (Å²) >= 11 is 0. The zero-order valence-corrected chi connectivity index (χ0v) is 18.9. The third-order valence-electron chi connectivity index (χ3n) is 7.33. The number of fused-ring (bicyclic) bond motifs is 2. The minimum atomic E-state index is -0.309. The first-order valence-corrected chi connectivity index (χ1v) is 11.6. The van der Waals surface area contributed by atoms with Crippen LogP contribution in [0.4, 0.5) is 0 Å². The van der Waals surface area contributed by atoms with Crippen molar-refractivity contribution in [3.8, 4) is 17.5 Å². The number of nitriles is 1. The molecule has 172 valence electrons. The molecule has 1 aromatic heterocycles. The van der Waals surface area contributed by atoms with Gasteiger partial charge in [-0.25, -0.2) is 5.10 Å². The van der Waals surface area contributed by atoms with Crippen molar-refractivity contribution in [2.24, 2.45) is 5.92 Å². The lowest BCUT2D eigenvalue weighted by Crippen LogP contribution is -2.53. The van der Waals surface area contributed by atoms with Crippen molar-refractivity contribution >= 4 is 11.8 Å². The minimum Gasteiger partial charge on any atom is -0.330 e. The van der Waals surface area contributed by atoms with Crippen LogP contribution in [0.25, 0.3) is 11.4 Å². The average molecular weight is 449 g/mol. The van der Waals surface area contributed by atoms with Gasteiger partial charge in [-0.2, -0.15) is 5.26 Å². The van der Waals surface area contributed by atoms with Gasteiger partial charge in [-0.15, -0.1) is 5.10 Å². The molecule has 0 radical (unpaired) electrons. The summed E-state index contributed by atoms with van der Waals surface area (Å²) in [7, 11) is 0. The van der Waals surface area contributed by atoms with E-state index in [2.05, 4.69) is 38.5 Å². The zero-order valence-electron chi connectivity index (χ0n) is 18.9. The standard InChI is InChI=1S/C23H28N8O2/c1-14(22(32)30-8-4-7-18(30)11-24)12-29-13-19-10-20(29)23(33)31(19)15(2)16-5-3-6-17(9-16)21-25-27-28-26-21/h3,5-6,9,14-15,18-20H,4,7-8,10,12-13H2,1-2H3,(H,25,26,27,28)/t14-,15-,18-,19-,20-/m0/s1. The van der Waals surface area contributed by atoms with Crippen molar-refractivity contribution in [2.75, 3.05) is 19.6 Å². The van der Waals surface area contributed by atoms with Gasteiger partial charge in [0.15, 0.2) is 5.82 Å². The third kappa shape index (κ3) is 3.76. The number of carbonyl (C=O) groups is 2. The molecule has 3 fully saturated rings. The van der Waals surface area contributed by atoms with Crippen LogP contribution in [0, 0.1) is 17.2 Å². The highest BCUT2D eigenvalue weighted by Crippen LogP contribution is 2.38. The minimum absolute atomic E-state index is 0.0261. The maximum Gasteiger partial charge on any atom is 0.240 e. The van der Waals surface area contributed by atoms with Crippen LogP contribution >= 0.6 is 0 Å². The number of H-pyrrole nitrogens is 1. The Morgan fingerprint density at radius 1 is 1.36 bits per heavy atom. The maximum atomic E-state index is 13.3. The Labute approximate surface area is 192 Å². The van der Waals surface area contributed by atoms with Crippen molar-refractivity contribution in [1.29, 1.82) is 5.26 Å². The largest absolute Gasteiger partial charge is 0.330 e. The molecule has 0 saturated carbocycles. The summed E-state index contributed by atoms with van der Waals surface area (Å²) in [6.07, 6.45) is 2.42. The van der Waals surface area contributed by atoms with Crippen LogP contribution in [0.15, 0.2) is 24.3 Å². The van der Waals surface area contributed by atoms with Gasteiger partial charge in [-0.3, -0.25) is 14.5 Å². The van der Waals surface area contributed by atoms with E-state index in [0.29, 0.717) is 18.9 Å². The number of amides is 2. The Morgan fingerprint density at radius 3 is 2.94 bits per heavy atom. The predicted octanol–water partition coefficient (Wildman–Crippen LogP) is 1.36. The van der Waals surface area contributed by atoms with Crippen LogP contribution in [-0.2, 0) is 9.59 Å². The molecule has 2 amide bonds. The van der Waals surface area contributed by atoms with Crippen molar-refractivity contribution in [1.82, 2.24) is 35.3 Å². The molecule has 1 N–H and O–H groups in total. The normalized spacial score (nSPS) is 26.6. The van der Waals surface area contributed by atoms with E-state index >= 15 is 0 Å². The third-order valence-corrected chi connectivity index (χ3v) is 7.33. The molecule has 0 unspecified atom stereocenters. The van der Waals surface area contributed by atoms with Gasteiger partial charge >= 0.3 is 0 Å². The van der Waals surface area contributed by atoms with Crippen LogP contribution in [-0.4, -0.2) is 84.9 Å². The number of piperazine rings is 1. The number of nitrogens with one attached hydrogen (secondary N) is 1. The van der Waals surface area contributed by atoms with Crippen molar-refractivity contribution in [2.45, 2.75) is 57.3 Å². The highest BCUT2D eigenvalue weighted by atomic mass is 16.2. The summed E-state index contributed by atoms with van der Waals surface area (Å²) in [5.41, 5.74) is 1.92. The first kappa shape index (κ1) is 21.5. The van der Waals surface area contributed by atoms with E-state index in [1.807, 2.05) is 36.1 Å². The fraction of sp³-hybridized carbons (Fsp3) is 0.565. The van der Waals surface area contributed by atoms with E-state index in [9.17, 15) is 14.9 Å². The number of hydrogen-bond acceptors (Lipinski definition) is 7. The second-order valence-electron chi connectivity index (χ2n) is 9.38. The fourth-order valence-electron chi connectivity index (χ4n) is 5.66. The second-order valence-corrected chi connectivity index (χ2v) is 9.38. The molecular weight excluding hydrogens is 420 g/mol. The molecular formula is C23H28N8O2. The van der Waals surface area contributed by atoms with Crippen LogP contribution in [0.3, 0.4) is 0 Å². The van der Waals surface area contributed by atoms with E-state index < -0.39 is 0 Å². The van der Waals surface area contributed by atoms with Gasteiger partial charge in [-0.05, 0) is 48.2 Å². The summed E-state index contributed by atoms with van der Waals surface area (Å²) in [6.45, 7) is 5.95. The summed E-state index contributed by atoms with van der Waals surface area (Å²) in [6, 6.07) is 9.76. The van der Waals surface area contributed by atoms with Gasteiger partial charge in [-0.1, -0.05) is 25.1 Å². The number of benzene rings is 1. The Morgan fingerprint density at radius 2 is 2.21 bits per heavy atom. The summed E-state index contributed by atoms with van der Waals surface area (Å²) in [4.78, 5) is 32.1. The predicted molar refractivity (Wildman–Crippen MR) is 118 cm³/mol. The van der Waals surface area contributed by atoms with Crippen LogP contribution in [0.5, 0.6) is 0 Å². The number of likely N-dealkylation sites (tertiary alicyclic amines) is 3. The van der Waals surface area contributed by atoms with Gasteiger partial charge in [0.05, 0.1) is 18.2 Å². The Bertz CT molecular complexity index is 1080. The quantitative estimate of drug-likeness (QED) is 0.708. The first-order valence-electron chi connectivity index (χ1n) is 11.6. The van der Waals surface area contributed by atoms with Crippen molar-refractivity contribution < 1.29 is 9.59 Å². The monoisotopic (exact) mass is 448 g/mol. The Hall–Kier alpha value is -3.32. The summed E-state index contributed by atoms with van der Waals surface area (Å²) in [5.74, 6) is 0.517. The number of nitrogens with zero attached hydrogens (tertiary/aromatic N) is 7. The van der Waals surface area contributed by atoms with Gasteiger partial charge in [0, 0.05) is 37.2 Å². The molecule has 10 nitrogen and oxygen atoms in total. The molecule has 3 aliphatic rings. The summed E-state index contributed by atoms with van der Waals surface area (Å²) < 4.78 is 0. The molecule has 2 bridgehead atoms. The highest BCUT2D eigenvalue weighted by molar-refractivity contribution is 5.86. The average Bonchev–Trinajstić information content (AvgIpc) is 3.62. The number of carbonyl (C=O) groups excluding carboxylic acids is 2. The van der Waals surface area contributed by atoms with Gasteiger partial charge in [0.1, 0.15) is 6.04 Å². The highest BCUT2D eigenvalue weighted by Gasteiger charge is 2.51. The molecule has 33 heavy (non-hydrogen) atoms. The van der Waals surface area contributed by atoms with E-state index in [-0.39, 0.29) is 41.9 Å². The van der Waals surface area contributed by atoms with Gasteiger partial charge in [0.2, 0.25) is 11.8 Å². The molecule has 3 aliphatic heterocycles. The Balaban J connectivity index is 1.24. The molecule has 0 spiro atoms. The zero-order chi connectivity index (χ0) is 23.1. The lowest BCUT2D eigenvalue weighted by Gasteiger charge is -2.38. The molecule has 0 aliphatic carbocycles. The number of aromatic nitrogens is 4. The topological polar surface area (TPSA) is 122 Å². The van der Waals surface area contributed by atoms with Crippen LogP contribution < -0.4 is 0 Å². The number of hydrogen-bond donors (Lipinski definition) is 1. The molecule has 1 aromatic carbocycles. The van der Waals surface area contributed by atoms with E-state index in [0.717, 1.165) is 36.9 Å². The van der Waals surface area contributed by atoms with E-state index in [4.69, 9.17) is 0 Å².